The van der Waals surface area contributed by atoms with Crippen molar-refractivity contribution in [3.8, 4) is 0 Å². The van der Waals surface area contributed by atoms with E-state index in [9.17, 15) is 0 Å². The summed E-state index contributed by atoms with van der Waals surface area (Å²) < 4.78 is 0. The Labute approximate surface area is 296 Å². The van der Waals surface area contributed by atoms with Crippen LogP contribution in [0.2, 0.25) is 0 Å². The second-order valence-electron chi connectivity index (χ2n) is 14.5. The molecule has 6 aromatic rings. The van der Waals surface area contributed by atoms with Crippen molar-refractivity contribution in [2.24, 2.45) is 0 Å². The molecule has 0 N–H and O–H groups in total. The van der Waals surface area contributed by atoms with E-state index in [1.54, 1.807) is 0 Å². The SMILES string of the molecule is CC(C)(C)c1ccc(N2c3cc(N(c4ccccc4)c4ccccc4)ccc3B3C4=C(C=CCC4)N(c4ccccc4)c4cccc2c43)cc1. The maximum Gasteiger partial charge on any atom is 0.247 e. The molecule has 2 heterocycles. The minimum Gasteiger partial charge on any atom is -0.312 e. The first-order valence-electron chi connectivity index (χ1n) is 17.8. The normalized spacial score (nSPS) is 14.7. The van der Waals surface area contributed by atoms with Crippen molar-refractivity contribution in [2.75, 3.05) is 14.7 Å². The standard InChI is InChI=1S/C46H40BN3/c1-46(2,3)33-26-28-37(29-27-33)50-43-25-15-24-42-45(43)47(39-22-13-14-23-41(39)49(42)36-20-11-6-12-21-36)40-31-30-38(32-44(40)50)48(34-16-7-4-8-17-34)35-18-9-5-10-19-35/h4-12,14-21,23-32H,13,22H2,1-3H3. The number of allylic oxidation sites excluding steroid dienone is 3. The number of nitrogens with zero attached hydrogens (tertiary/aromatic N) is 3. The molecule has 0 atom stereocenters. The number of rotatable bonds is 5. The third-order valence-electron chi connectivity index (χ3n) is 10.5. The summed E-state index contributed by atoms with van der Waals surface area (Å²) in [7, 11) is 0. The Balaban J connectivity index is 1.31. The van der Waals surface area contributed by atoms with Crippen LogP contribution in [-0.4, -0.2) is 6.71 Å². The third kappa shape index (κ3) is 4.98. The molecule has 0 radical (unpaired) electrons. The summed E-state index contributed by atoms with van der Waals surface area (Å²) in [6.45, 7) is 7.02. The van der Waals surface area contributed by atoms with E-state index in [-0.39, 0.29) is 12.1 Å². The topological polar surface area (TPSA) is 9.72 Å². The highest BCUT2D eigenvalue weighted by molar-refractivity contribution is 6.95. The molecule has 50 heavy (non-hydrogen) atoms. The molecule has 2 aliphatic heterocycles. The lowest BCUT2D eigenvalue weighted by Gasteiger charge is -2.45. The molecule has 0 amide bonds. The highest BCUT2D eigenvalue weighted by Gasteiger charge is 2.44. The summed E-state index contributed by atoms with van der Waals surface area (Å²) in [5.41, 5.74) is 16.4. The van der Waals surface area contributed by atoms with Crippen LogP contribution < -0.4 is 25.6 Å². The van der Waals surface area contributed by atoms with Crippen molar-refractivity contribution in [3.63, 3.8) is 0 Å². The lowest BCUT2D eigenvalue weighted by Crippen LogP contribution is -2.56. The van der Waals surface area contributed by atoms with Crippen LogP contribution in [0.3, 0.4) is 0 Å². The molecule has 0 spiro atoms. The van der Waals surface area contributed by atoms with E-state index in [2.05, 4.69) is 199 Å². The first-order chi connectivity index (χ1) is 24.5. The van der Waals surface area contributed by atoms with Crippen LogP contribution in [0.5, 0.6) is 0 Å². The molecule has 0 bridgehead atoms. The Bertz CT molecular complexity index is 2210. The van der Waals surface area contributed by atoms with Gasteiger partial charge in [-0.1, -0.05) is 111 Å². The Kier molecular flexibility index (Phi) is 7.28. The zero-order valence-electron chi connectivity index (χ0n) is 28.9. The van der Waals surface area contributed by atoms with E-state index in [0.717, 1.165) is 29.9 Å². The summed E-state index contributed by atoms with van der Waals surface area (Å²) in [5.74, 6) is 0. The van der Waals surface area contributed by atoms with Gasteiger partial charge in [-0.3, -0.25) is 0 Å². The second kappa shape index (κ2) is 12.0. The fourth-order valence-corrected chi connectivity index (χ4v) is 8.14. The molecule has 0 fully saturated rings. The van der Waals surface area contributed by atoms with Crippen molar-refractivity contribution >= 4 is 63.1 Å². The van der Waals surface area contributed by atoms with Crippen LogP contribution in [0.25, 0.3) is 0 Å². The zero-order chi connectivity index (χ0) is 33.8. The summed E-state index contributed by atoms with van der Waals surface area (Å²) in [6, 6.07) is 55.6. The van der Waals surface area contributed by atoms with Crippen LogP contribution in [0.15, 0.2) is 175 Å². The number of para-hydroxylation sites is 3. The van der Waals surface area contributed by atoms with Crippen molar-refractivity contribution in [2.45, 2.75) is 39.0 Å². The van der Waals surface area contributed by atoms with Crippen LogP contribution in [0.1, 0.15) is 39.2 Å². The highest BCUT2D eigenvalue weighted by Crippen LogP contribution is 2.47. The quantitative estimate of drug-likeness (QED) is 0.173. The summed E-state index contributed by atoms with van der Waals surface area (Å²) >= 11 is 0. The maximum absolute atomic E-state index is 2.52. The van der Waals surface area contributed by atoms with Crippen LogP contribution >= 0.6 is 0 Å². The summed E-state index contributed by atoms with van der Waals surface area (Å²) in [4.78, 5) is 7.38. The fraction of sp³-hybridized carbons (Fsp3) is 0.130. The van der Waals surface area contributed by atoms with Crippen LogP contribution in [0, 0.1) is 0 Å². The predicted octanol–water partition coefficient (Wildman–Crippen LogP) is 11.1. The Morgan fingerprint density at radius 1 is 0.560 bits per heavy atom. The first-order valence-corrected chi connectivity index (χ1v) is 17.8. The molecular weight excluding hydrogens is 605 g/mol. The van der Waals surface area contributed by atoms with Gasteiger partial charge in [0.1, 0.15) is 0 Å². The molecule has 9 rings (SSSR count). The number of benzene rings is 6. The molecule has 4 heteroatoms. The number of hydrogen-bond donors (Lipinski definition) is 0. The fourth-order valence-electron chi connectivity index (χ4n) is 8.14. The molecule has 0 unspecified atom stereocenters. The van der Waals surface area contributed by atoms with Gasteiger partial charge in [-0.15, -0.1) is 0 Å². The van der Waals surface area contributed by atoms with Gasteiger partial charge in [-0.2, -0.15) is 0 Å². The smallest absolute Gasteiger partial charge is 0.247 e. The molecular formula is C46H40BN3. The van der Waals surface area contributed by atoms with Crippen molar-refractivity contribution in [3.05, 3.63) is 181 Å². The molecule has 242 valence electrons. The lowest BCUT2D eigenvalue weighted by atomic mass is 9.32. The van der Waals surface area contributed by atoms with Gasteiger partial charge < -0.3 is 14.7 Å². The van der Waals surface area contributed by atoms with Gasteiger partial charge in [0.15, 0.2) is 0 Å². The zero-order valence-corrected chi connectivity index (χ0v) is 28.9. The summed E-state index contributed by atoms with van der Waals surface area (Å²) in [6.07, 6.45) is 6.79. The number of anilines is 8. The van der Waals surface area contributed by atoms with E-state index >= 15 is 0 Å². The van der Waals surface area contributed by atoms with Crippen molar-refractivity contribution in [1.29, 1.82) is 0 Å². The Hall–Kier alpha value is -5.74. The van der Waals surface area contributed by atoms with Crippen LogP contribution in [-0.2, 0) is 5.41 Å². The van der Waals surface area contributed by atoms with Crippen molar-refractivity contribution < 1.29 is 0 Å². The molecule has 3 aliphatic rings. The first kappa shape index (κ1) is 30.3. The molecule has 6 aromatic carbocycles. The number of hydrogen-bond acceptors (Lipinski definition) is 3. The van der Waals surface area contributed by atoms with Gasteiger partial charge in [0, 0.05) is 51.2 Å². The minimum absolute atomic E-state index is 0.0714. The van der Waals surface area contributed by atoms with E-state index in [0.29, 0.717) is 0 Å². The summed E-state index contributed by atoms with van der Waals surface area (Å²) in [5, 5.41) is 0. The second-order valence-corrected chi connectivity index (χ2v) is 14.5. The predicted molar refractivity (Wildman–Crippen MR) is 214 cm³/mol. The Morgan fingerprint density at radius 3 is 1.80 bits per heavy atom. The minimum atomic E-state index is 0.0714. The molecule has 3 nitrogen and oxygen atoms in total. The van der Waals surface area contributed by atoms with Gasteiger partial charge >= 0.3 is 0 Å². The van der Waals surface area contributed by atoms with Gasteiger partial charge in [0.25, 0.3) is 0 Å². The average Bonchev–Trinajstić information content (AvgIpc) is 3.16. The van der Waals surface area contributed by atoms with E-state index in [1.165, 1.54) is 56.1 Å². The van der Waals surface area contributed by atoms with Gasteiger partial charge in [0.05, 0.1) is 0 Å². The largest absolute Gasteiger partial charge is 0.312 e. The van der Waals surface area contributed by atoms with E-state index in [1.807, 2.05) is 0 Å². The van der Waals surface area contributed by atoms with E-state index in [4.69, 9.17) is 0 Å². The van der Waals surface area contributed by atoms with Gasteiger partial charge in [-0.05, 0) is 114 Å². The van der Waals surface area contributed by atoms with Crippen LogP contribution in [0.4, 0.5) is 45.5 Å². The van der Waals surface area contributed by atoms with E-state index < -0.39 is 0 Å². The number of fused-ring (bicyclic) bond motifs is 3. The molecule has 0 aromatic heterocycles. The van der Waals surface area contributed by atoms with Crippen molar-refractivity contribution in [1.82, 2.24) is 0 Å². The maximum atomic E-state index is 2.52. The Morgan fingerprint density at radius 2 is 1.16 bits per heavy atom. The monoisotopic (exact) mass is 645 g/mol. The molecule has 0 saturated carbocycles. The third-order valence-corrected chi connectivity index (χ3v) is 10.5. The van der Waals surface area contributed by atoms with Gasteiger partial charge in [0.2, 0.25) is 6.71 Å². The average molecular weight is 646 g/mol. The molecule has 1 aliphatic carbocycles. The highest BCUT2D eigenvalue weighted by atomic mass is 15.2. The molecule has 0 saturated heterocycles. The lowest BCUT2D eigenvalue weighted by molar-refractivity contribution is 0.590. The van der Waals surface area contributed by atoms with Gasteiger partial charge in [-0.25, -0.2) is 0 Å².